The van der Waals surface area contributed by atoms with Crippen LogP contribution in [0.15, 0.2) is 30.3 Å². The minimum absolute atomic E-state index is 0.203. The Balaban J connectivity index is 1.31. The van der Waals surface area contributed by atoms with Crippen molar-refractivity contribution < 1.29 is 9.90 Å². The van der Waals surface area contributed by atoms with Crippen molar-refractivity contribution in [1.29, 1.82) is 0 Å². The summed E-state index contributed by atoms with van der Waals surface area (Å²) in [5.74, 6) is -0.438. The largest absolute Gasteiger partial charge is 0.481 e. The van der Waals surface area contributed by atoms with E-state index in [0.717, 1.165) is 57.5 Å². The molecule has 3 atom stereocenters. The van der Waals surface area contributed by atoms with E-state index in [1.54, 1.807) is 0 Å². The van der Waals surface area contributed by atoms with Crippen LogP contribution in [0.3, 0.4) is 0 Å². The number of rotatable bonds is 5. The quantitative estimate of drug-likeness (QED) is 0.685. The highest BCUT2D eigenvalue weighted by atomic mass is 35.5. The zero-order valence-corrected chi connectivity index (χ0v) is 19.7. The Morgan fingerprint density at radius 2 is 1.82 bits per heavy atom. The molecule has 9 heteroatoms. The maximum atomic E-state index is 11.3. The number of nitrogen functional groups attached to an aromatic ring is 1. The summed E-state index contributed by atoms with van der Waals surface area (Å²) in [5, 5.41) is 17.5. The smallest absolute Gasteiger partial charge is 0.306 e. The van der Waals surface area contributed by atoms with Crippen LogP contribution in [0, 0.1) is 5.92 Å². The summed E-state index contributed by atoms with van der Waals surface area (Å²) in [5.41, 5.74) is 9.53. The molecule has 2 aromatic rings. The first-order valence-electron chi connectivity index (χ1n) is 11.8. The summed E-state index contributed by atoms with van der Waals surface area (Å²) < 4.78 is 0. The number of nitrogens with two attached hydrogens (primary N) is 1. The summed E-state index contributed by atoms with van der Waals surface area (Å²) >= 11 is 6.08. The van der Waals surface area contributed by atoms with Crippen LogP contribution in [-0.2, 0) is 4.79 Å². The number of benzene rings is 1. The second kappa shape index (κ2) is 8.99. The Kier molecular flexibility index (Phi) is 6.05. The first-order chi connectivity index (χ1) is 15.9. The SMILES string of the molecule is CC(c1cccc(N2C3CCC2CN(c2cc(Cl)nnc2N)C3)c1)N1CCC(C(=O)O)CC1. The summed E-state index contributed by atoms with van der Waals surface area (Å²) in [6.07, 6.45) is 3.75. The molecule has 3 fully saturated rings. The van der Waals surface area contributed by atoms with Gasteiger partial charge in [-0.05, 0) is 63.4 Å². The molecule has 1 aromatic heterocycles. The summed E-state index contributed by atoms with van der Waals surface area (Å²) in [7, 11) is 0. The molecule has 176 valence electrons. The molecule has 3 saturated heterocycles. The number of aromatic nitrogens is 2. The lowest BCUT2D eigenvalue weighted by Gasteiger charge is -2.44. The van der Waals surface area contributed by atoms with Crippen molar-refractivity contribution in [3.63, 3.8) is 0 Å². The first kappa shape index (κ1) is 22.2. The van der Waals surface area contributed by atoms with Gasteiger partial charge in [-0.15, -0.1) is 10.2 Å². The minimum Gasteiger partial charge on any atom is -0.481 e. The first-order valence-corrected chi connectivity index (χ1v) is 12.2. The number of fused-ring (bicyclic) bond motifs is 2. The molecule has 3 unspecified atom stereocenters. The van der Waals surface area contributed by atoms with Crippen LogP contribution in [0.5, 0.6) is 0 Å². The lowest BCUT2D eigenvalue weighted by molar-refractivity contribution is -0.143. The van der Waals surface area contributed by atoms with Gasteiger partial charge in [0.15, 0.2) is 11.0 Å². The number of hydrogen-bond acceptors (Lipinski definition) is 7. The molecule has 3 N–H and O–H groups in total. The van der Waals surface area contributed by atoms with Gasteiger partial charge < -0.3 is 20.6 Å². The third-order valence-electron chi connectivity index (χ3n) is 7.67. The highest BCUT2D eigenvalue weighted by Crippen LogP contribution is 2.39. The van der Waals surface area contributed by atoms with E-state index in [2.05, 4.69) is 56.1 Å². The van der Waals surface area contributed by atoms with Crippen molar-refractivity contribution in [3.8, 4) is 0 Å². The molecule has 0 spiro atoms. The van der Waals surface area contributed by atoms with E-state index in [1.807, 2.05) is 6.07 Å². The van der Waals surface area contributed by atoms with Gasteiger partial charge in [0.1, 0.15) is 0 Å². The number of carboxylic acids is 1. The zero-order chi connectivity index (χ0) is 23.1. The van der Waals surface area contributed by atoms with E-state index in [1.165, 1.54) is 11.3 Å². The molecular formula is C24H31ClN6O2. The number of halogens is 1. The Morgan fingerprint density at radius 1 is 1.12 bits per heavy atom. The highest BCUT2D eigenvalue weighted by Gasteiger charge is 2.41. The fourth-order valence-corrected chi connectivity index (χ4v) is 5.97. The van der Waals surface area contributed by atoms with Gasteiger partial charge in [-0.3, -0.25) is 9.69 Å². The molecule has 2 bridgehead atoms. The highest BCUT2D eigenvalue weighted by molar-refractivity contribution is 6.29. The van der Waals surface area contributed by atoms with Gasteiger partial charge in [0.25, 0.3) is 0 Å². The number of hydrogen-bond donors (Lipinski definition) is 2. The molecule has 33 heavy (non-hydrogen) atoms. The van der Waals surface area contributed by atoms with Crippen molar-refractivity contribution >= 4 is 34.8 Å². The predicted molar refractivity (Wildman–Crippen MR) is 130 cm³/mol. The van der Waals surface area contributed by atoms with Gasteiger partial charge in [-0.2, -0.15) is 0 Å². The van der Waals surface area contributed by atoms with Crippen LogP contribution in [0.1, 0.15) is 44.2 Å². The Labute approximate surface area is 199 Å². The van der Waals surface area contributed by atoms with E-state index in [0.29, 0.717) is 23.1 Å². The van der Waals surface area contributed by atoms with E-state index < -0.39 is 5.97 Å². The lowest BCUT2D eigenvalue weighted by Crippen LogP contribution is -2.54. The number of piperazine rings is 1. The van der Waals surface area contributed by atoms with Crippen LogP contribution in [0.4, 0.5) is 17.2 Å². The zero-order valence-electron chi connectivity index (χ0n) is 18.9. The van der Waals surface area contributed by atoms with Gasteiger partial charge in [-0.1, -0.05) is 23.7 Å². The number of carboxylic acid groups (broad SMARTS) is 1. The van der Waals surface area contributed by atoms with E-state index >= 15 is 0 Å². The van der Waals surface area contributed by atoms with Crippen molar-refractivity contribution in [2.75, 3.05) is 41.7 Å². The lowest BCUT2D eigenvalue weighted by atomic mass is 9.94. The number of likely N-dealkylation sites (tertiary alicyclic amines) is 1. The third kappa shape index (κ3) is 4.34. The number of anilines is 3. The van der Waals surface area contributed by atoms with Crippen molar-refractivity contribution in [2.24, 2.45) is 5.92 Å². The van der Waals surface area contributed by atoms with Crippen LogP contribution < -0.4 is 15.5 Å². The van der Waals surface area contributed by atoms with E-state index in [4.69, 9.17) is 17.3 Å². The molecule has 0 amide bonds. The number of piperidine rings is 1. The number of aliphatic carboxylic acids is 1. The van der Waals surface area contributed by atoms with Gasteiger partial charge in [0.2, 0.25) is 0 Å². The maximum Gasteiger partial charge on any atom is 0.306 e. The summed E-state index contributed by atoms with van der Waals surface area (Å²) in [6, 6.07) is 11.8. The second-order valence-electron chi connectivity index (χ2n) is 9.55. The molecule has 5 rings (SSSR count). The predicted octanol–water partition coefficient (Wildman–Crippen LogP) is 3.43. The van der Waals surface area contributed by atoms with Crippen molar-refractivity contribution in [1.82, 2.24) is 15.1 Å². The Bertz CT molecular complexity index is 1010. The number of carbonyl (C=O) groups is 1. The molecule has 3 aliphatic heterocycles. The van der Waals surface area contributed by atoms with Gasteiger partial charge >= 0.3 is 5.97 Å². The third-order valence-corrected chi connectivity index (χ3v) is 7.86. The molecule has 0 radical (unpaired) electrons. The minimum atomic E-state index is -0.662. The summed E-state index contributed by atoms with van der Waals surface area (Å²) in [4.78, 5) is 18.6. The van der Waals surface area contributed by atoms with Crippen molar-refractivity contribution in [2.45, 2.75) is 50.7 Å². The molecule has 8 nitrogen and oxygen atoms in total. The van der Waals surface area contributed by atoms with Crippen LogP contribution in [-0.4, -0.2) is 64.4 Å². The van der Waals surface area contributed by atoms with Crippen LogP contribution >= 0.6 is 11.6 Å². The van der Waals surface area contributed by atoms with Gasteiger partial charge in [-0.25, -0.2) is 0 Å². The fourth-order valence-electron chi connectivity index (χ4n) is 5.83. The van der Waals surface area contributed by atoms with Crippen LogP contribution in [0.25, 0.3) is 0 Å². The average molecular weight is 471 g/mol. The monoisotopic (exact) mass is 470 g/mol. The van der Waals surface area contributed by atoms with E-state index in [-0.39, 0.29) is 12.0 Å². The molecule has 1 aromatic carbocycles. The molecule has 0 aliphatic carbocycles. The molecular weight excluding hydrogens is 440 g/mol. The molecule has 4 heterocycles. The van der Waals surface area contributed by atoms with Gasteiger partial charge in [0, 0.05) is 43.0 Å². The van der Waals surface area contributed by atoms with Gasteiger partial charge in [0.05, 0.1) is 11.6 Å². The molecule has 0 saturated carbocycles. The maximum absolute atomic E-state index is 11.3. The second-order valence-corrected chi connectivity index (χ2v) is 9.94. The Morgan fingerprint density at radius 3 is 2.48 bits per heavy atom. The van der Waals surface area contributed by atoms with Crippen LogP contribution in [0.2, 0.25) is 5.15 Å². The standard InChI is InChI=1S/C24H31ClN6O2/c1-15(29-9-7-16(8-10-29)24(32)33)17-3-2-4-18(11-17)31-19-5-6-20(31)14-30(13-19)21-12-22(25)27-28-23(21)26/h2-4,11-12,15-16,19-20H,5-10,13-14H2,1H3,(H2,26,28)(H,32,33). The van der Waals surface area contributed by atoms with Crippen molar-refractivity contribution in [3.05, 3.63) is 41.0 Å². The van der Waals surface area contributed by atoms with E-state index in [9.17, 15) is 9.90 Å². The fraction of sp³-hybridized carbons (Fsp3) is 0.542. The number of nitrogens with zero attached hydrogens (tertiary/aromatic N) is 5. The molecule has 3 aliphatic rings. The summed E-state index contributed by atoms with van der Waals surface area (Å²) in [6.45, 7) is 5.65. The topological polar surface area (TPSA) is 98.8 Å². The Hall–Kier alpha value is -2.58. The average Bonchev–Trinajstić information content (AvgIpc) is 3.09. The normalized spacial score (nSPS) is 24.8.